The van der Waals surface area contributed by atoms with Gasteiger partial charge in [0.2, 0.25) is 0 Å². The van der Waals surface area contributed by atoms with Crippen LogP contribution in [0.3, 0.4) is 0 Å². The van der Waals surface area contributed by atoms with Crippen LogP contribution in [-0.2, 0) is 33.4 Å². The second kappa shape index (κ2) is 39.6. The summed E-state index contributed by atoms with van der Waals surface area (Å²) in [5.74, 6) is -6.09. The van der Waals surface area contributed by atoms with Gasteiger partial charge in [0.25, 0.3) is 12.2 Å². The molecule has 1 saturated carbocycles. The summed E-state index contributed by atoms with van der Waals surface area (Å²) in [6.45, 7) is 5.31. The maximum absolute atomic E-state index is 13.4. The number of esters is 2. The molecule has 1 aliphatic rings. The number of carbonyl (C=O) groups is 5. The Labute approximate surface area is 549 Å². The minimum Gasteiger partial charge on any atom is -0.479 e. The average molecular weight is 1650 g/mol. The number of alkyl halides is 6. The van der Waals surface area contributed by atoms with Gasteiger partial charge in [-0.15, -0.1) is 0 Å². The fraction of sp³-hybridized carbons (Fsp3) is 0.340. The summed E-state index contributed by atoms with van der Waals surface area (Å²) in [5.41, 5.74) is 0. The summed E-state index contributed by atoms with van der Waals surface area (Å²) < 4.78 is 126. The van der Waals surface area contributed by atoms with Crippen molar-refractivity contribution in [1.29, 1.82) is 0 Å². The van der Waals surface area contributed by atoms with E-state index in [0.717, 1.165) is 45.9 Å². The molecule has 0 saturated heterocycles. The zero-order valence-corrected chi connectivity index (χ0v) is 56.1. The van der Waals surface area contributed by atoms with Crippen molar-refractivity contribution < 1.29 is 103 Å². The van der Waals surface area contributed by atoms with Crippen LogP contribution in [0, 0.1) is 15.3 Å². The van der Waals surface area contributed by atoms with E-state index in [1.807, 2.05) is 12.1 Å². The van der Waals surface area contributed by atoms with Gasteiger partial charge >= 0.3 is 42.2 Å². The van der Waals surface area contributed by atoms with E-state index in [4.69, 9.17) is 47.6 Å². The van der Waals surface area contributed by atoms with Gasteiger partial charge in [-0.1, -0.05) is 83.8 Å². The van der Waals surface area contributed by atoms with Crippen LogP contribution in [0.1, 0.15) is 53.4 Å². The highest BCUT2D eigenvalue weighted by molar-refractivity contribution is 14.1. The summed E-state index contributed by atoms with van der Waals surface area (Å²) in [6.07, 6.45) is -13.6. The zero-order chi connectivity index (χ0) is 62.1. The molecule has 5 aromatic rings. The van der Waals surface area contributed by atoms with Crippen molar-refractivity contribution in [2.24, 2.45) is 5.92 Å². The fourth-order valence-electron chi connectivity index (χ4n) is 6.17. The van der Waals surface area contributed by atoms with Crippen molar-refractivity contribution in [2.45, 2.75) is 96.3 Å². The van der Waals surface area contributed by atoms with E-state index in [9.17, 15) is 59.8 Å². The van der Waals surface area contributed by atoms with Gasteiger partial charge in [-0.2, -0.15) is 53.3 Å². The first-order chi connectivity index (χ1) is 38.3. The molecule has 1 fully saturated rings. The smallest absolute Gasteiger partial charge is 0.436 e. The molecular formula is C53H54Br4Cl2F7IO15S2. The molecule has 0 spiro atoms. The summed E-state index contributed by atoms with van der Waals surface area (Å²) in [5, 5.41) is 27.4. The number of benzene rings is 5. The van der Waals surface area contributed by atoms with Gasteiger partial charge < -0.3 is 48.5 Å². The Morgan fingerprint density at radius 1 is 0.571 bits per heavy atom. The van der Waals surface area contributed by atoms with Gasteiger partial charge in [-0.05, 0) is 182 Å². The predicted octanol–water partition coefficient (Wildman–Crippen LogP) is 16.2. The molecule has 466 valence electrons. The van der Waals surface area contributed by atoms with Crippen molar-refractivity contribution in [3.05, 3.63) is 140 Å². The lowest BCUT2D eigenvalue weighted by Crippen LogP contribution is -2.42. The molecule has 0 heterocycles. The second-order valence-electron chi connectivity index (χ2n) is 16.3. The molecule has 84 heavy (non-hydrogen) atoms. The lowest BCUT2D eigenvalue weighted by atomic mass is 10.0. The fourth-order valence-corrected chi connectivity index (χ4v) is 8.71. The molecule has 0 amide bonds. The molecule has 0 bridgehead atoms. The summed E-state index contributed by atoms with van der Waals surface area (Å²) in [6, 6.07) is 26.2. The summed E-state index contributed by atoms with van der Waals surface area (Å²) in [7, 11) is 0. The maximum atomic E-state index is 13.4. The molecule has 1 aliphatic carbocycles. The third kappa shape index (κ3) is 30.0. The highest BCUT2D eigenvalue weighted by Gasteiger charge is 2.49. The molecule has 6 rings (SSSR count). The Kier molecular flexibility index (Phi) is 37.7. The van der Waals surface area contributed by atoms with Crippen molar-refractivity contribution >= 4 is 166 Å². The lowest BCUT2D eigenvalue weighted by Gasteiger charge is -2.20. The first-order valence-corrected chi connectivity index (χ1v) is 28.6. The number of hydrogen-bond donors (Lipinski definition) is 3. The van der Waals surface area contributed by atoms with Crippen LogP contribution < -0.4 is 23.7 Å². The van der Waals surface area contributed by atoms with Gasteiger partial charge in [-0.25, -0.2) is 28.4 Å². The van der Waals surface area contributed by atoms with Gasteiger partial charge in [0.05, 0.1) is 22.7 Å². The van der Waals surface area contributed by atoms with Crippen LogP contribution in [0.2, 0.25) is 10.0 Å². The zero-order valence-electron chi connectivity index (χ0n) is 44.1. The van der Waals surface area contributed by atoms with Crippen LogP contribution >= 0.6 is 137 Å². The van der Waals surface area contributed by atoms with E-state index in [2.05, 4.69) is 105 Å². The van der Waals surface area contributed by atoms with E-state index in [0.29, 0.717) is 40.7 Å². The van der Waals surface area contributed by atoms with Crippen LogP contribution in [0.15, 0.2) is 121 Å². The van der Waals surface area contributed by atoms with Crippen LogP contribution in [0.25, 0.3) is 0 Å². The molecular weight excluding hydrogens is 1590 g/mol. The monoisotopic (exact) mass is 1640 g/mol. The largest absolute Gasteiger partial charge is 0.479 e. The standard InChI is InChI=1S/C13H15BrO3.C11H9BrF4O3.C11H10BrF3O3.C9H8BrClO3.C9H8ClIO3.2H2S/c14-10-5-7-11(8-6-10)17-12(13(15)16)9-3-1-2-4-9;1-2-18-10(17)9(11(14,15)16)19-8-4-3-6(12)5-7(8)13;1-2-17-10(16)9(11(13,14)15)18-8-5-3-7(12)4-6-8;2*1-5(9(12)13)14-8-3-2-6(11)4-7(8)10;;/h5-9,12H,1-4H2,(H,15,16);3-5,9H,2H2,1H3;3-6,9H,2H2,1H3;2*2-5H,1H3,(H,12,13);2*1H2/t;;;2*5-;;/m...00../s1. The van der Waals surface area contributed by atoms with E-state index >= 15 is 0 Å². The molecule has 0 aromatic heterocycles. The molecule has 31 heteroatoms. The Bertz CT molecular complexity index is 2800. The predicted molar refractivity (Wildman–Crippen MR) is 330 cm³/mol. The summed E-state index contributed by atoms with van der Waals surface area (Å²) >= 11 is 26.3. The summed E-state index contributed by atoms with van der Waals surface area (Å²) in [4.78, 5) is 54.6. The van der Waals surface area contributed by atoms with E-state index < -0.39 is 84.3 Å². The number of carbonyl (C=O) groups excluding carboxylic acids is 2. The van der Waals surface area contributed by atoms with Gasteiger partial charge in [0, 0.05) is 27.9 Å². The number of ether oxygens (including phenoxy) is 7. The van der Waals surface area contributed by atoms with Gasteiger partial charge in [-0.3, -0.25) is 0 Å². The molecule has 0 radical (unpaired) electrons. The molecule has 5 atom stereocenters. The van der Waals surface area contributed by atoms with Crippen LogP contribution in [0.4, 0.5) is 30.7 Å². The number of rotatable bonds is 18. The average Bonchev–Trinajstić information content (AvgIpc) is 4.07. The minimum absolute atomic E-state index is 0. The first-order valence-electron chi connectivity index (χ1n) is 23.6. The highest BCUT2D eigenvalue weighted by atomic mass is 127. The molecule has 3 N–H and O–H groups in total. The highest BCUT2D eigenvalue weighted by Crippen LogP contribution is 2.33. The topological polar surface area (TPSA) is 211 Å². The number of halogens is 14. The number of carboxylic acids is 3. The van der Waals surface area contributed by atoms with Crippen molar-refractivity contribution in [1.82, 2.24) is 0 Å². The van der Waals surface area contributed by atoms with Crippen molar-refractivity contribution in [3.8, 4) is 28.7 Å². The number of carboxylic acid groups (broad SMARTS) is 3. The quantitative estimate of drug-likeness (QED) is 0.0423. The van der Waals surface area contributed by atoms with Crippen LogP contribution in [0.5, 0.6) is 28.7 Å². The lowest BCUT2D eigenvalue weighted by molar-refractivity contribution is -0.212. The van der Waals surface area contributed by atoms with Gasteiger partial charge in [0.15, 0.2) is 29.9 Å². The van der Waals surface area contributed by atoms with E-state index in [1.165, 1.54) is 58.0 Å². The Morgan fingerprint density at radius 2 is 0.988 bits per heavy atom. The molecule has 15 nitrogen and oxygen atoms in total. The number of aliphatic carboxylic acids is 3. The van der Waals surface area contributed by atoms with Crippen molar-refractivity contribution in [2.75, 3.05) is 13.2 Å². The van der Waals surface area contributed by atoms with E-state index in [1.54, 1.807) is 48.5 Å². The van der Waals surface area contributed by atoms with Crippen molar-refractivity contribution in [3.63, 3.8) is 0 Å². The molecule has 0 aliphatic heterocycles. The number of hydrogen-bond acceptors (Lipinski definition) is 12. The van der Waals surface area contributed by atoms with E-state index in [-0.39, 0.29) is 51.9 Å². The second-order valence-corrected chi connectivity index (χ2v) is 22.0. The Morgan fingerprint density at radius 3 is 1.39 bits per heavy atom. The maximum Gasteiger partial charge on any atom is 0.436 e. The first kappa shape index (κ1) is 79.9. The van der Waals surface area contributed by atoms with Gasteiger partial charge in [0.1, 0.15) is 23.0 Å². The Hall–Kier alpha value is -4.11. The molecule has 3 unspecified atom stereocenters. The molecule has 5 aromatic carbocycles. The third-order valence-corrected chi connectivity index (χ3v) is 13.4. The normalized spacial score (nSPS) is 13.4. The van der Waals surface area contributed by atoms with Crippen LogP contribution in [-0.4, -0.2) is 101 Å². The SMILES string of the molecule is CCOC(=O)C(Oc1ccc(Br)cc1)C(F)(F)F.CCOC(=O)C(Oc1ccc(Br)cc1F)C(F)(F)F.C[C@H](Oc1ccc(Cl)cc1Br)C(=O)O.C[C@H](Oc1ccc(I)cc1Cl)C(=O)O.O=C(O)C(Oc1ccc(Br)cc1)C1CCCC1.S.S. The minimum atomic E-state index is -4.99. The Balaban J connectivity index is 0.00000102. The third-order valence-electron chi connectivity index (χ3n) is 10.0.